The molecule has 2 N–H and O–H groups in total. The second-order valence-electron chi connectivity index (χ2n) is 26.3. The molecule has 358 valence electrons. The van der Waals surface area contributed by atoms with Crippen LogP contribution >= 0.6 is 0 Å². The molecule has 0 spiro atoms. The standard InChI is InChI=1S/C56H98O4Se2/c1-35(2)15-13-17-37(5)43-19-21-45-41-31-49(55(57)33-39(59-11)23-29-53(55,9)47(41)25-27-51(43,45)7)61-62-50-32-42-46-22-20-44(38(6)18-14-16-36(3)4)52(46,8)28-26-48(42)54(10)30-24-40(60-12)34-56(50,54)58/h35-50,57-58H,13-34H2,1-12H3/t37-,38-,39+,40+,41+,42+,43-,44-,45+,46+,47+,48+,49?,50?,51-,52-,53-,54-,55+,56+/m1/s1. The van der Waals surface area contributed by atoms with Crippen LogP contribution in [0.5, 0.6) is 0 Å². The third-order valence-corrected chi connectivity index (χ3v) is 32.9. The number of hydrogen-bond donors (Lipinski definition) is 2. The Hall–Kier alpha value is 0.879. The van der Waals surface area contributed by atoms with E-state index < -0.39 is 11.2 Å². The molecule has 20 atom stereocenters. The molecule has 8 saturated carbocycles. The van der Waals surface area contributed by atoms with Crippen LogP contribution in [0.1, 0.15) is 210 Å². The van der Waals surface area contributed by atoms with Crippen LogP contribution in [0.25, 0.3) is 0 Å². The van der Waals surface area contributed by atoms with Gasteiger partial charge in [-0.15, -0.1) is 0 Å². The zero-order valence-electron chi connectivity index (χ0n) is 42.3. The minimum atomic E-state index is -0.663. The van der Waals surface area contributed by atoms with E-state index in [1.165, 1.54) is 103 Å². The molecule has 0 saturated heterocycles. The van der Waals surface area contributed by atoms with Crippen molar-refractivity contribution < 1.29 is 19.7 Å². The van der Waals surface area contributed by atoms with E-state index in [0.717, 1.165) is 97.7 Å². The van der Waals surface area contributed by atoms with Gasteiger partial charge >= 0.3 is 396 Å². The molecular weight excluding hydrogens is 895 g/mol. The van der Waals surface area contributed by atoms with Gasteiger partial charge in [0.2, 0.25) is 0 Å². The van der Waals surface area contributed by atoms with Crippen molar-refractivity contribution in [1.29, 1.82) is 0 Å². The molecule has 0 heterocycles. The van der Waals surface area contributed by atoms with Crippen LogP contribution in [0.4, 0.5) is 0 Å². The molecular formula is C56H98O4Se2. The van der Waals surface area contributed by atoms with Crippen molar-refractivity contribution >= 4 is 26.3 Å². The zero-order valence-corrected chi connectivity index (χ0v) is 45.7. The average Bonchev–Trinajstić information content (AvgIpc) is 3.77. The summed E-state index contributed by atoms with van der Waals surface area (Å²) < 4.78 is 12.4. The fourth-order valence-electron chi connectivity index (χ4n) is 19.3. The summed E-state index contributed by atoms with van der Waals surface area (Å²) >= 11 is 0.601. The van der Waals surface area contributed by atoms with Crippen LogP contribution in [-0.2, 0) is 9.47 Å². The van der Waals surface area contributed by atoms with E-state index in [1.807, 2.05) is 14.2 Å². The maximum atomic E-state index is 13.7. The summed E-state index contributed by atoms with van der Waals surface area (Å²) in [6.45, 7) is 25.5. The van der Waals surface area contributed by atoms with E-state index in [9.17, 15) is 10.2 Å². The molecule has 0 radical (unpaired) electrons. The van der Waals surface area contributed by atoms with Crippen LogP contribution in [0, 0.1) is 92.7 Å². The second kappa shape index (κ2) is 18.7. The Bertz CT molecular complexity index is 1410. The molecule has 0 aromatic carbocycles. The normalized spacial score (nSPS) is 50.9. The second-order valence-corrected chi connectivity index (χ2v) is 33.7. The van der Waals surface area contributed by atoms with E-state index in [-0.39, 0.29) is 23.0 Å². The zero-order chi connectivity index (χ0) is 44.6. The van der Waals surface area contributed by atoms with Gasteiger partial charge in [0.15, 0.2) is 0 Å². The van der Waals surface area contributed by atoms with Gasteiger partial charge in [0, 0.05) is 0 Å². The fraction of sp³-hybridized carbons (Fsp3) is 1.00. The molecule has 8 fully saturated rings. The molecule has 4 nitrogen and oxygen atoms in total. The van der Waals surface area contributed by atoms with Crippen LogP contribution in [-0.4, -0.2) is 74.1 Å². The topological polar surface area (TPSA) is 58.9 Å². The van der Waals surface area contributed by atoms with Gasteiger partial charge in [0.25, 0.3) is 0 Å². The van der Waals surface area contributed by atoms with E-state index in [1.54, 1.807) is 0 Å². The van der Waals surface area contributed by atoms with Crippen molar-refractivity contribution in [2.75, 3.05) is 14.2 Å². The van der Waals surface area contributed by atoms with Crippen LogP contribution < -0.4 is 0 Å². The first kappa shape index (κ1) is 49.3. The Morgan fingerprint density at radius 2 is 0.887 bits per heavy atom. The van der Waals surface area contributed by atoms with Gasteiger partial charge in [-0.25, -0.2) is 0 Å². The molecule has 8 rings (SSSR count). The molecule has 6 heteroatoms. The van der Waals surface area contributed by atoms with Gasteiger partial charge in [0.05, 0.1) is 0 Å². The van der Waals surface area contributed by atoms with Gasteiger partial charge in [-0.1, -0.05) is 0 Å². The Balaban J connectivity index is 1.07. The van der Waals surface area contributed by atoms with Crippen LogP contribution in [0.2, 0.25) is 9.63 Å². The summed E-state index contributed by atoms with van der Waals surface area (Å²) in [5.41, 5.74) is -0.516. The Morgan fingerprint density at radius 1 is 0.500 bits per heavy atom. The Morgan fingerprint density at radius 3 is 1.24 bits per heavy atom. The van der Waals surface area contributed by atoms with Gasteiger partial charge < -0.3 is 0 Å². The summed E-state index contributed by atoms with van der Waals surface area (Å²) in [5, 5.41) is 27.3. The molecule has 0 aliphatic heterocycles. The van der Waals surface area contributed by atoms with Gasteiger partial charge in [-0.2, -0.15) is 0 Å². The van der Waals surface area contributed by atoms with Crippen molar-refractivity contribution in [3.63, 3.8) is 0 Å². The number of hydrogen-bond acceptors (Lipinski definition) is 4. The first-order chi connectivity index (χ1) is 29.3. The third kappa shape index (κ3) is 8.13. The third-order valence-electron chi connectivity index (χ3n) is 22.9. The van der Waals surface area contributed by atoms with E-state index >= 15 is 0 Å². The van der Waals surface area contributed by atoms with E-state index in [2.05, 4.69) is 69.2 Å². The predicted octanol–water partition coefficient (Wildman–Crippen LogP) is 13.6. The van der Waals surface area contributed by atoms with Crippen molar-refractivity contribution in [1.82, 2.24) is 0 Å². The van der Waals surface area contributed by atoms with Gasteiger partial charge in [-0.3, -0.25) is 0 Å². The maximum absolute atomic E-state index is 13.7. The monoisotopic (exact) mass is 995 g/mol. The molecule has 8 aliphatic rings. The minimum absolute atomic E-state index is 0.0410. The summed E-state index contributed by atoms with van der Waals surface area (Å²) in [5.74, 6) is 9.30. The molecule has 0 aromatic heterocycles. The van der Waals surface area contributed by atoms with E-state index in [4.69, 9.17) is 9.47 Å². The number of aliphatic hydroxyl groups is 2. The summed E-state index contributed by atoms with van der Waals surface area (Å²) in [6.07, 6.45) is 28.2. The average molecular weight is 993 g/mol. The fourth-order valence-corrected chi connectivity index (χ4v) is 31.4. The molecule has 8 aliphatic carbocycles. The molecule has 2 unspecified atom stereocenters. The number of methoxy groups -OCH3 is 2. The van der Waals surface area contributed by atoms with Crippen molar-refractivity contribution in [3.05, 3.63) is 0 Å². The first-order valence-electron chi connectivity index (χ1n) is 27.1. The molecule has 62 heavy (non-hydrogen) atoms. The number of rotatable bonds is 15. The van der Waals surface area contributed by atoms with Crippen molar-refractivity contribution in [2.45, 2.75) is 244 Å². The van der Waals surface area contributed by atoms with Gasteiger partial charge in [0.1, 0.15) is 0 Å². The summed E-state index contributed by atoms with van der Waals surface area (Å²) in [4.78, 5) is 0.718. The van der Waals surface area contributed by atoms with Crippen LogP contribution in [0.3, 0.4) is 0 Å². The molecule has 0 aromatic rings. The summed E-state index contributed by atoms with van der Waals surface area (Å²) in [7, 11) is 3.81. The Kier molecular flexibility index (Phi) is 14.8. The van der Waals surface area contributed by atoms with Crippen LogP contribution in [0.15, 0.2) is 0 Å². The first-order valence-corrected chi connectivity index (χ1v) is 33.4. The number of fused-ring (bicyclic) bond motifs is 10. The predicted molar refractivity (Wildman–Crippen MR) is 260 cm³/mol. The van der Waals surface area contributed by atoms with Crippen molar-refractivity contribution in [2.24, 2.45) is 92.7 Å². The summed E-state index contributed by atoms with van der Waals surface area (Å²) in [6, 6.07) is 0. The quantitative estimate of drug-likeness (QED) is 0.161. The Labute approximate surface area is 394 Å². The SMILES string of the molecule is CO[C@H]1CC[C@]2(C)[C@H]3CC[C@]4(C)[C@@H]([C@H](C)CCCC(C)C)CC[C@H]4[C@@H]3CC([Se][Se]C3C[C@H]4[C@@H]5CC[C@H]([C@H](C)CCCC(C)C)[C@@]5(C)CC[C@@H]4[C@@]4(C)CC[C@H](OC)C[C@]34O)[C@@]2(O)C1. The van der Waals surface area contributed by atoms with Gasteiger partial charge in [-0.05, 0) is 0 Å². The number of ether oxygens (including phenoxy) is 2. The van der Waals surface area contributed by atoms with Crippen molar-refractivity contribution in [3.8, 4) is 0 Å². The molecule has 0 amide bonds. The molecule has 0 bridgehead atoms. The van der Waals surface area contributed by atoms with E-state index in [0.29, 0.717) is 58.6 Å².